The normalized spacial score (nSPS) is 11.6. The molecule has 3 N–H and O–H groups in total. The van der Waals surface area contributed by atoms with Crippen LogP contribution in [0.3, 0.4) is 0 Å². The summed E-state index contributed by atoms with van der Waals surface area (Å²) in [5.74, 6) is 1.83. The maximum Gasteiger partial charge on any atom is 0.216 e. The summed E-state index contributed by atoms with van der Waals surface area (Å²) in [6.07, 6.45) is 0.911. The lowest BCUT2D eigenvalue weighted by molar-refractivity contribution is 0.473. The molecule has 0 bridgehead atoms. The number of nitrogens with two attached hydrogens (primary N) is 1. The van der Waals surface area contributed by atoms with Crippen molar-refractivity contribution in [3.05, 3.63) is 53.2 Å². The Balaban J connectivity index is 1.77. The number of nitrogens with zero attached hydrogens (tertiary/aromatic N) is 2. The summed E-state index contributed by atoms with van der Waals surface area (Å²) in [5, 5.41) is 3.08. The van der Waals surface area contributed by atoms with Gasteiger partial charge in [-0.05, 0) is 25.8 Å². The molecule has 0 aliphatic heterocycles. The van der Waals surface area contributed by atoms with Gasteiger partial charge in [0.05, 0.1) is 5.69 Å². The quantitative estimate of drug-likeness (QED) is 0.644. The Hall–Kier alpha value is -2.30. The van der Waals surface area contributed by atoms with E-state index in [1.54, 1.807) is 0 Å². The van der Waals surface area contributed by atoms with Crippen LogP contribution in [0.15, 0.2) is 39.7 Å². The van der Waals surface area contributed by atoms with E-state index >= 15 is 0 Å². The summed E-state index contributed by atoms with van der Waals surface area (Å²) in [5.41, 5.74) is 7.96. The van der Waals surface area contributed by atoms with E-state index in [9.17, 15) is 0 Å². The first-order valence-corrected chi connectivity index (χ1v) is 6.66. The molecule has 0 atom stereocenters. The zero-order valence-electron chi connectivity index (χ0n) is 11.9. The predicted molar refractivity (Wildman–Crippen MR) is 79.5 cm³/mol. The molecule has 0 amide bonds. The molecule has 2 aromatic rings. The molecule has 5 heteroatoms. The average molecular weight is 272 g/mol. The SMILES string of the molecule is Cc1nc(CN=C(N)NCCc2ccccc2)oc1C. The smallest absolute Gasteiger partial charge is 0.216 e. The molecule has 0 saturated heterocycles. The van der Waals surface area contributed by atoms with Crippen LogP contribution >= 0.6 is 0 Å². The van der Waals surface area contributed by atoms with Gasteiger partial charge in [0.2, 0.25) is 5.89 Å². The molecule has 0 unspecified atom stereocenters. The van der Waals surface area contributed by atoms with Crippen molar-refractivity contribution in [2.24, 2.45) is 10.7 Å². The second-order valence-corrected chi connectivity index (χ2v) is 4.61. The molecular formula is C15H20N4O. The van der Waals surface area contributed by atoms with Crippen LogP contribution in [0.5, 0.6) is 0 Å². The van der Waals surface area contributed by atoms with Crippen LogP contribution in [-0.4, -0.2) is 17.5 Å². The number of hydrogen-bond donors (Lipinski definition) is 2. The first-order chi connectivity index (χ1) is 9.65. The molecule has 2 rings (SSSR count). The van der Waals surface area contributed by atoms with E-state index in [0.717, 1.165) is 24.4 Å². The first-order valence-electron chi connectivity index (χ1n) is 6.66. The van der Waals surface area contributed by atoms with Gasteiger partial charge in [-0.3, -0.25) is 0 Å². The maximum atomic E-state index is 5.80. The van der Waals surface area contributed by atoms with Crippen LogP contribution in [0.1, 0.15) is 22.9 Å². The fraction of sp³-hybridized carbons (Fsp3) is 0.333. The van der Waals surface area contributed by atoms with Gasteiger partial charge in [0.1, 0.15) is 12.3 Å². The number of guanidine groups is 1. The molecule has 0 aliphatic rings. The maximum absolute atomic E-state index is 5.80. The second-order valence-electron chi connectivity index (χ2n) is 4.61. The standard InChI is InChI=1S/C15H20N4O/c1-11-12(2)20-14(19-11)10-18-15(16)17-9-8-13-6-4-3-5-7-13/h3-7H,8-10H2,1-2H3,(H3,16,17,18). The highest BCUT2D eigenvalue weighted by Gasteiger charge is 2.04. The van der Waals surface area contributed by atoms with Gasteiger partial charge in [0, 0.05) is 6.54 Å². The summed E-state index contributed by atoms with van der Waals surface area (Å²) in [6.45, 7) is 4.91. The average Bonchev–Trinajstić information content (AvgIpc) is 2.77. The van der Waals surface area contributed by atoms with Gasteiger partial charge < -0.3 is 15.5 Å². The van der Waals surface area contributed by atoms with Crippen molar-refractivity contribution >= 4 is 5.96 Å². The summed E-state index contributed by atoms with van der Waals surface area (Å²) >= 11 is 0. The lowest BCUT2D eigenvalue weighted by atomic mass is 10.1. The van der Waals surface area contributed by atoms with Gasteiger partial charge in [-0.15, -0.1) is 0 Å². The highest BCUT2D eigenvalue weighted by atomic mass is 16.4. The molecule has 0 radical (unpaired) electrons. The number of rotatable bonds is 5. The van der Waals surface area contributed by atoms with E-state index in [2.05, 4.69) is 27.4 Å². The first kappa shape index (κ1) is 14.1. The van der Waals surface area contributed by atoms with Gasteiger partial charge in [-0.2, -0.15) is 0 Å². The van der Waals surface area contributed by atoms with Crippen LogP contribution in [-0.2, 0) is 13.0 Å². The van der Waals surface area contributed by atoms with Crippen LogP contribution < -0.4 is 11.1 Å². The third kappa shape index (κ3) is 4.12. The molecule has 0 aliphatic carbocycles. The van der Waals surface area contributed by atoms with Crippen molar-refractivity contribution in [2.75, 3.05) is 6.54 Å². The van der Waals surface area contributed by atoms with Gasteiger partial charge in [0.25, 0.3) is 0 Å². The van der Waals surface area contributed by atoms with Crippen molar-refractivity contribution < 1.29 is 4.42 Å². The Morgan fingerprint density at radius 2 is 2.05 bits per heavy atom. The Labute approximate surface area is 118 Å². The molecule has 106 valence electrons. The molecule has 1 aromatic heterocycles. The number of aryl methyl sites for hydroxylation is 2. The van der Waals surface area contributed by atoms with E-state index in [1.165, 1.54) is 5.56 Å². The molecule has 1 heterocycles. The van der Waals surface area contributed by atoms with Gasteiger partial charge in [-0.25, -0.2) is 9.98 Å². The molecule has 0 saturated carbocycles. The molecular weight excluding hydrogens is 252 g/mol. The number of oxazole rings is 1. The monoisotopic (exact) mass is 272 g/mol. The van der Waals surface area contributed by atoms with Crippen molar-refractivity contribution in [2.45, 2.75) is 26.8 Å². The topological polar surface area (TPSA) is 76.4 Å². The van der Waals surface area contributed by atoms with Crippen molar-refractivity contribution in [1.82, 2.24) is 10.3 Å². The molecule has 20 heavy (non-hydrogen) atoms. The molecule has 1 aromatic carbocycles. The minimum absolute atomic E-state index is 0.360. The van der Waals surface area contributed by atoms with Crippen molar-refractivity contribution in [3.8, 4) is 0 Å². The number of benzene rings is 1. The lowest BCUT2D eigenvalue weighted by Gasteiger charge is -2.05. The fourth-order valence-corrected chi connectivity index (χ4v) is 1.80. The Morgan fingerprint density at radius 3 is 2.70 bits per heavy atom. The molecule has 5 nitrogen and oxygen atoms in total. The van der Waals surface area contributed by atoms with E-state index in [1.807, 2.05) is 32.0 Å². The largest absolute Gasteiger partial charge is 0.444 e. The van der Waals surface area contributed by atoms with Gasteiger partial charge in [0.15, 0.2) is 5.96 Å². The van der Waals surface area contributed by atoms with Crippen molar-refractivity contribution in [1.29, 1.82) is 0 Å². The minimum atomic E-state index is 0.360. The summed E-state index contributed by atoms with van der Waals surface area (Å²) in [4.78, 5) is 8.46. The Morgan fingerprint density at radius 1 is 1.30 bits per heavy atom. The Kier molecular flexibility index (Phi) is 4.76. The number of aliphatic imine (C=N–C) groups is 1. The van der Waals surface area contributed by atoms with E-state index < -0.39 is 0 Å². The fourth-order valence-electron chi connectivity index (χ4n) is 1.80. The van der Waals surface area contributed by atoms with E-state index in [4.69, 9.17) is 10.2 Å². The number of nitrogens with one attached hydrogen (secondary N) is 1. The van der Waals surface area contributed by atoms with Gasteiger partial charge >= 0.3 is 0 Å². The van der Waals surface area contributed by atoms with Crippen LogP contribution in [0, 0.1) is 13.8 Å². The van der Waals surface area contributed by atoms with Crippen LogP contribution in [0.25, 0.3) is 0 Å². The van der Waals surface area contributed by atoms with Crippen molar-refractivity contribution in [3.63, 3.8) is 0 Å². The van der Waals surface area contributed by atoms with Gasteiger partial charge in [-0.1, -0.05) is 30.3 Å². The number of aromatic nitrogens is 1. The van der Waals surface area contributed by atoms with E-state index in [-0.39, 0.29) is 0 Å². The zero-order valence-corrected chi connectivity index (χ0v) is 11.9. The summed E-state index contributed by atoms with van der Waals surface area (Å²) in [6, 6.07) is 10.2. The Bertz CT molecular complexity index is 555. The number of hydrogen-bond acceptors (Lipinski definition) is 3. The zero-order chi connectivity index (χ0) is 14.4. The summed E-state index contributed by atoms with van der Waals surface area (Å²) < 4.78 is 5.44. The van der Waals surface area contributed by atoms with Crippen LogP contribution in [0.2, 0.25) is 0 Å². The predicted octanol–water partition coefficient (Wildman–Crippen LogP) is 1.94. The third-order valence-electron chi connectivity index (χ3n) is 3.02. The molecule has 0 fully saturated rings. The lowest BCUT2D eigenvalue weighted by Crippen LogP contribution is -2.33. The molecule has 0 spiro atoms. The van der Waals surface area contributed by atoms with Crippen LogP contribution in [0.4, 0.5) is 0 Å². The third-order valence-corrected chi connectivity index (χ3v) is 3.02. The highest BCUT2D eigenvalue weighted by Crippen LogP contribution is 2.08. The summed E-state index contributed by atoms with van der Waals surface area (Å²) in [7, 11) is 0. The van der Waals surface area contributed by atoms with E-state index in [0.29, 0.717) is 18.4 Å². The minimum Gasteiger partial charge on any atom is -0.444 e. The second kappa shape index (κ2) is 6.75. The highest BCUT2D eigenvalue weighted by molar-refractivity contribution is 5.77.